The van der Waals surface area contributed by atoms with E-state index in [2.05, 4.69) is 5.32 Å². The summed E-state index contributed by atoms with van der Waals surface area (Å²) >= 11 is 1.65. The molecule has 0 aliphatic heterocycles. The van der Waals surface area contributed by atoms with Crippen molar-refractivity contribution in [2.75, 3.05) is 13.2 Å². The number of hydrogen-bond donors (Lipinski definition) is 1. The van der Waals surface area contributed by atoms with Gasteiger partial charge in [-0.15, -0.1) is 11.3 Å². The van der Waals surface area contributed by atoms with Crippen molar-refractivity contribution in [3.05, 3.63) is 52.2 Å². The van der Waals surface area contributed by atoms with Gasteiger partial charge >= 0.3 is 5.97 Å². The van der Waals surface area contributed by atoms with Crippen LogP contribution in [0, 0.1) is 0 Å². The van der Waals surface area contributed by atoms with E-state index in [0.717, 1.165) is 6.42 Å². The van der Waals surface area contributed by atoms with E-state index in [1.807, 2.05) is 31.4 Å². The van der Waals surface area contributed by atoms with Crippen LogP contribution in [0.5, 0.6) is 5.75 Å². The number of thiophene rings is 1. The first-order chi connectivity index (χ1) is 11.5. The maximum atomic E-state index is 11.9. The van der Waals surface area contributed by atoms with Crippen molar-refractivity contribution in [3.8, 4) is 5.75 Å². The molecule has 0 bridgehead atoms. The molecule has 128 valence electrons. The molecule has 1 amide bonds. The maximum absolute atomic E-state index is 11.9. The first kappa shape index (κ1) is 18.0. The Morgan fingerprint density at radius 3 is 2.54 bits per heavy atom. The molecule has 0 radical (unpaired) electrons. The molecule has 6 heteroatoms. The summed E-state index contributed by atoms with van der Waals surface area (Å²) in [6, 6.07) is 10.6. The molecular formula is C18H21NO4S. The van der Waals surface area contributed by atoms with Crippen molar-refractivity contribution in [2.45, 2.75) is 26.4 Å². The number of benzene rings is 1. The lowest BCUT2D eigenvalue weighted by Crippen LogP contribution is -2.30. The summed E-state index contributed by atoms with van der Waals surface area (Å²) in [5.74, 6) is -0.146. The highest BCUT2D eigenvalue weighted by molar-refractivity contribution is 7.09. The van der Waals surface area contributed by atoms with Crippen molar-refractivity contribution < 1.29 is 19.1 Å². The first-order valence-electron chi connectivity index (χ1n) is 7.77. The van der Waals surface area contributed by atoms with Gasteiger partial charge in [0.2, 0.25) is 0 Å². The molecule has 1 heterocycles. The summed E-state index contributed by atoms with van der Waals surface area (Å²) in [4.78, 5) is 24.8. The number of ether oxygens (including phenoxy) is 2. The SMILES string of the molecule is CC(C)Oc1ccc(C(=O)OCC(=O)NCCc2cccs2)cc1. The minimum Gasteiger partial charge on any atom is -0.491 e. The number of hydrogen-bond acceptors (Lipinski definition) is 5. The van der Waals surface area contributed by atoms with Gasteiger partial charge in [0, 0.05) is 11.4 Å². The van der Waals surface area contributed by atoms with Gasteiger partial charge in [-0.05, 0) is 56.0 Å². The molecule has 0 atom stereocenters. The molecule has 0 fully saturated rings. The molecule has 0 unspecified atom stereocenters. The molecule has 1 N–H and O–H groups in total. The minimum absolute atomic E-state index is 0.0701. The quantitative estimate of drug-likeness (QED) is 0.746. The fourth-order valence-corrected chi connectivity index (χ4v) is 2.70. The molecular weight excluding hydrogens is 326 g/mol. The largest absolute Gasteiger partial charge is 0.491 e. The van der Waals surface area contributed by atoms with Gasteiger partial charge in [-0.1, -0.05) is 6.07 Å². The molecule has 5 nitrogen and oxygen atoms in total. The zero-order valence-corrected chi connectivity index (χ0v) is 14.6. The van der Waals surface area contributed by atoms with Crippen LogP contribution in [0.1, 0.15) is 29.1 Å². The molecule has 0 saturated heterocycles. The average Bonchev–Trinajstić information content (AvgIpc) is 3.06. The van der Waals surface area contributed by atoms with E-state index in [1.165, 1.54) is 4.88 Å². The summed E-state index contributed by atoms with van der Waals surface area (Å²) in [7, 11) is 0. The molecule has 2 rings (SSSR count). The summed E-state index contributed by atoms with van der Waals surface area (Å²) in [6.07, 6.45) is 0.843. The highest BCUT2D eigenvalue weighted by Gasteiger charge is 2.10. The van der Waals surface area contributed by atoms with Gasteiger partial charge in [0.25, 0.3) is 5.91 Å². The molecule has 0 aliphatic rings. The lowest BCUT2D eigenvalue weighted by molar-refractivity contribution is -0.124. The smallest absolute Gasteiger partial charge is 0.338 e. The summed E-state index contributed by atoms with van der Waals surface area (Å²) in [5, 5.41) is 4.73. The molecule has 0 aliphatic carbocycles. The van der Waals surface area contributed by atoms with Crippen molar-refractivity contribution in [1.29, 1.82) is 0 Å². The third kappa shape index (κ3) is 6.04. The number of carbonyl (C=O) groups excluding carboxylic acids is 2. The van der Waals surface area contributed by atoms with E-state index in [4.69, 9.17) is 9.47 Å². The normalized spacial score (nSPS) is 10.5. The number of carbonyl (C=O) groups is 2. The zero-order valence-electron chi connectivity index (χ0n) is 13.8. The van der Waals surface area contributed by atoms with Crippen LogP contribution in [-0.4, -0.2) is 31.1 Å². The maximum Gasteiger partial charge on any atom is 0.338 e. The van der Waals surface area contributed by atoms with Gasteiger partial charge in [0.15, 0.2) is 6.61 Å². The monoisotopic (exact) mass is 347 g/mol. The van der Waals surface area contributed by atoms with Crippen LogP contribution in [0.25, 0.3) is 0 Å². The number of nitrogens with one attached hydrogen (secondary N) is 1. The Labute approximate surface area is 145 Å². The Balaban J connectivity index is 1.70. The number of esters is 1. The van der Waals surface area contributed by atoms with Crippen molar-refractivity contribution in [2.24, 2.45) is 0 Å². The van der Waals surface area contributed by atoms with Crippen LogP contribution in [0.4, 0.5) is 0 Å². The number of amides is 1. The van der Waals surface area contributed by atoms with Gasteiger partial charge < -0.3 is 14.8 Å². The fourth-order valence-electron chi connectivity index (χ4n) is 1.99. The second kappa shape index (κ2) is 9.08. The van der Waals surface area contributed by atoms with E-state index < -0.39 is 5.97 Å². The number of rotatable bonds is 8. The van der Waals surface area contributed by atoms with Gasteiger partial charge in [-0.25, -0.2) is 4.79 Å². The second-order valence-electron chi connectivity index (χ2n) is 5.45. The molecule has 1 aromatic carbocycles. The summed E-state index contributed by atoms with van der Waals surface area (Å²) in [5.41, 5.74) is 0.387. The third-order valence-electron chi connectivity index (χ3n) is 3.07. The van der Waals surface area contributed by atoms with Crippen molar-refractivity contribution >= 4 is 23.2 Å². The zero-order chi connectivity index (χ0) is 17.4. The van der Waals surface area contributed by atoms with E-state index in [1.54, 1.807) is 35.6 Å². The highest BCUT2D eigenvalue weighted by atomic mass is 32.1. The van der Waals surface area contributed by atoms with Crippen LogP contribution in [0.15, 0.2) is 41.8 Å². The molecule has 0 spiro atoms. The summed E-state index contributed by atoms with van der Waals surface area (Å²) < 4.78 is 10.5. The second-order valence-corrected chi connectivity index (χ2v) is 6.48. The van der Waals surface area contributed by atoms with Gasteiger partial charge in [0.05, 0.1) is 11.7 Å². The van der Waals surface area contributed by atoms with E-state index in [-0.39, 0.29) is 18.6 Å². The standard InChI is InChI=1S/C18H21NO4S/c1-13(2)23-15-7-5-14(6-8-15)18(21)22-12-17(20)19-10-9-16-4-3-11-24-16/h3-8,11,13H,9-10,12H2,1-2H3,(H,19,20). The molecule has 1 aromatic heterocycles. The van der Waals surface area contributed by atoms with Crippen molar-refractivity contribution in [1.82, 2.24) is 5.32 Å². The predicted octanol–water partition coefficient (Wildman–Crippen LogP) is 3.05. The Hall–Kier alpha value is -2.34. The molecule has 24 heavy (non-hydrogen) atoms. The van der Waals surface area contributed by atoms with Crippen LogP contribution < -0.4 is 10.1 Å². The van der Waals surface area contributed by atoms with Crippen LogP contribution in [0.2, 0.25) is 0 Å². The Bertz CT molecular complexity index is 650. The fraction of sp³-hybridized carbons (Fsp3) is 0.333. The first-order valence-corrected chi connectivity index (χ1v) is 8.65. The topological polar surface area (TPSA) is 64.6 Å². The van der Waals surface area contributed by atoms with E-state index in [9.17, 15) is 9.59 Å². The van der Waals surface area contributed by atoms with Crippen LogP contribution in [0.3, 0.4) is 0 Å². The summed E-state index contributed by atoms with van der Waals surface area (Å²) in [6.45, 7) is 4.10. The Kier molecular flexibility index (Phi) is 6.81. The third-order valence-corrected chi connectivity index (χ3v) is 4.01. The molecule has 0 saturated carbocycles. The lowest BCUT2D eigenvalue weighted by Gasteiger charge is -2.10. The average molecular weight is 347 g/mol. The molecule has 2 aromatic rings. The van der Waals surface area contributed by atoms with Crippen molar-refractivity contribution in [3.63, 3.8) is 0 Å². The van der Waals surface area contributed by atoms with Gasteiger partial charge in [-0.3, -0.25) is 4.79 Å². The predicted molar refractivity (Wildman–Crippen MR) is 93.5 cm³/mol. The van der Waals surface area contributed by atoms with E-state index in [0.29, 0.717) is 17.9 Å². The van der Waals surface area contributed by atoms with Crippen LogP contribution in [-0.2, 0) is 16.0 Å². The lowest BCUT2D eigenvalue weighted by atomic mass is 10.2. The highest BCUT2D eigenvalue weighted by Crippen LogP contribution is 2.14. The van der Waals surface area contributed by atoms with Crippen LogP contribution >= 0.6 is 11.3 Å². The van der Waals surface area contributed by atoms with Gasteiger partial charge in [-0.2, -0.15) is 0 Å². The Morgan fingerprint density at radius 1 is 1.17 bits per heavy atom. The minimum atomic E-state index is -0.528. The Morgan fingerprint density at radius 2 is 1.92 bits per heavy atom. The van der Waals surface area contributed by atoms with Gasteiger partial charge in [0.1, 0.15) is 5.75 Å². The van der Waals surface area contributed by atoms with E-state index >= 15 is 0 Å².